The molecular formula is C9H9F2NO2. The standard InChI is InChI=1S/C9H9F2NO2/c10-6-2-8(13)7(11)1-5(6)9(12)3-14-4-9/h1-2,13H,3-4,12H2. The molecule has 0 aliphatic carbocycles. The molecule has 0 spiro atoms. The van der Waals surface area contributed by atoms with Crippen LogP contribution >= 0.6 is 0 Å². The van der Waals surface area contributed by atoms with Crippen molar-refractivity contribution in [1.82, 2.24) is 0 Å². The van der Waals surface area contributed by atoms with Gasteiger partial charge in [-0.25, -0.2) is 8.78 Å². The van der Waals surface area contributed by atoms with Crippen molar-refractivity contribution in [3.8, 4) is 5.75 Å². The lowest BCUT2D eigenvalue weighted by atomic mass is 9.88. The van der Waals surface area contributed by atoms with Crippen LogP contribution < -0.4 is 5.73 Å². The number of hydrogen-bond acceptors (Lipinski definition) is 3. The highest BCUT2D eigenvalue weighted by Crippen LogP contribution is 2.31. The Kier molecular flexibility index (Phi) is 1.94. The minimum Gasteiger partial charge on any atom is -0.505 e. The molecule has 0 bridgehead atoms. The van der Waals surface area contributed by atoms with Gasteiger partial charge >= 0.3 is 0 Å². The lowest BCUT2D eigenvalue weighted by molar-refractivity contribution is -0.0586. The molecule has 1 aromatic rings. The number of rotatable bonds is 1. The van der Waals surface area contributed by atoms with Crippen molar-refractivity contribution in [3.05, 3.63) is 29.3 Å². The Bertz CT molecular complexity index is 377. The van der Waals surface area contributed by atoms with E-state index in [1.807, 2.05) is 0 Å². The van der Waals surface area contributed by atoms with E-state index in [-0.39, 0.29) is 18.8 Å². The van der Waals surface area contributed by atoms with Crippen LogP contribution in [0.15, 0.2) is 12.1 Å². The Balaban J connectivity index is 2.48. The minimum atomic E-state index is -0.960. The summed E-state index contributed by atoms with van der Waals surface area (Å²) in [5, 5.41) is 8.89. The maximum absolute atomic E-state index is 13.3. The third kappa shape index (κ3) is 1.25. The molecule has 3 N–H and O–H groups in total. The van der Waals surface area contributed by atoms with Crippen molar-refractivity contribution in [2.24, 2.45) is 5.73 Å². The van der Waals surface area contributed by atoms with E-state index in [4.69, 9.17) is 15.6 Å². The first-order valence-corrected chi connectivity index (χ1v) is 4.08. The van der Waals surface area contributed by atoms with Gasteiger partial charge < -0.3 is 15.6 Å². The predicted molar refractivity (Wildman–Crippen MR) is 44.7 cm³/mol. The van der Waals surface area contributed by atoms with Gasteiger partial charge in [0.2, 0.25) is 0 Å². The highest BCUT2D eigenvalue weighted by Gasteiger charge is 2.38. The molecule has 3 nitrogen and oxygen atoms in total. The van der Waals surface area contributed by atoms with Crippen LogP contribution in [0.2, 0.25) is 0 Å². The topological polar surface area (TPSA) is 55.5 Å². The fourth-order valence-electron chi connectivity index (χ4n) is 1.40. The van der Waals surface area contributed by atoms with Gasteiger partial charge in [-0.3, -0.25) is 0 Å². The average molecular weight is 201 g/mol. The Morgan fingerprint density at radius 3 is 2.43 bits per heavy atom. The second kappa shape index (κ2) is 2.90. The summed E-state index contributed by atoms with van der Waals surface area (Å²) in [6.45, 7) is 0.322. The molecule has 2 rings (SSSR count). The molecule has 1 heterocycles. The summed E-state index contributed by atoms with van der Waals surface area (Å²) in [7, 11) is 0. The lowest BCUT2D eigenvalue weighted by Crippen LogP contribution is -2.54. The first-order chi connectivity index (χ1) is 6.53. The maximum atomic E-state index is 13.3. The summed E-state index contributed by atoms with van der Waals surface area (Å²) in [5.74, 6) is -2.30. The van der Waals surface area contributed by atoms with Crippen LogP contribution in [0.3, 0.4) is 0 Å². The van der Waals surface area contributed by atoms with Gasteiger partial charge in [0.05, 0.1) is 18.8 Å². The minimum absolute atomic E-state index is 0.0408. The van der Waals surface area contributed by atoms with Crippen LogP contribution in [-0.2, 0) is 10.3 Å². The highest BCUT2D eigenvalue weighted by atomic mass is 19.1. The Hall–Kier alpha value is -1.20. The fraction of sp³-hybridized carbons (Fsp3) is 0.333. The number of hydrogen-bond donors (Lipinski definition) is 2. The van der Waals surface area contributed by atoms with Gasteiger partial charge in [-0.15, -0.1) is 0 Å². The molecule has 0 unspecified atom stereocenters. The molecule has 1 fully saturated rings. The van der Waals surface area contributed by atoms with Gasteiger partial charge in [0, 0.05) is 11.6 Å². The lowest BCUT2D eigenvalue weighted by Gasteiger charge is -2.38. The Labute approximate surface area is 79.1 Å². The third-order valence-electron chi connectivity index (χ3n) is 2.29. The molecule has 0 amide bonds. The molecule has 0 aromatic heterocycles. The largest absolute Gasteiger partial charge is 0.505 e. The molecule has 5 heteroatoms. The van der Waals surface area contributed by atoms with Gasteiger partial charge in [0.25, 0.3) is 0 Å². The number of aromatic hydroxyl groups is 1. The second-order valence-corrected chi connectivity index (χ2v) is 3.43. The van der Waals surface area contributed by atoms with E-state index in [2.05, 4.69) is 0 Å². The smallest absolute Gasteiger partial charge is 0.165 e. The van der Waals surface area contributed by atoms with Crippen LogP contribution in [0, 0.1) is 11.6 Å². The van der Waals surface area contributed by atoms with Crippen molar-refractivity contribution < 1.29 is 18.6 Å². The van der Waals surface area contributed by atoms with Crippen LogP contribution in [0.25, 0.3) is 0 Å². The van der Waals surface area contributed by atoms with Crippen LogP contribution in [0.4, 0.5) is 8.78 Å². The Morgan fingerprint density at radius 2 is 1.93 bits per heavy atom. The number of nitrogens with two attached hydrogens (primary N) is 1. The van der Waals surface area contributed by atoms with Gasteiger partial charge in [-0.05, 0) is 6.07 Å². The number of phenols is 1. The summed E-state index contributed by atoms with van der Waals surface area (Å²) in [4.78, 5) is 0. The van der Waals surface area contributed by atoms with Crippen molar-refractivity contribution >= 4 is 0 Å². The quantitative estimate of drug-likeness (QED) is 0.708. The number of ether oxygens (including phenoxy) is 1. The maximum Gasteiger partial charge on any atom is 0.165 e. The van der Waals surface area contributed by atoms with E-state index in [9.17, 15) is 8.78 Å². The fourth-order valence-corrected chi connectivity index (χ4v) is 1.40. The zero-order valence-corrected chi connectivity index (χ0v) is 7.26. The molecule has 14 heavy (non-hydrogen) atoms. The summed E-state index contributed by atoms with van der Waals surface area (Å²) >= 11 is 0. The number of phenolic OH excluding ortho intramolecular Hbond substituents is 1. The molecule has 1 aromatic carbocycles. The van der Waals surface area contributed by atoms with Crippen molar-refractivity contribution in [2.75, 3.05) is 13.2 Å². The van der Waals surface area contributed by atoms with Crippen LogP contribution in [0.1, 0.15) is 5.56 Å². The molecule has 0 saturated carbocycles. The van der Waals surface area contributed by atoms with Crippen LogP contribution in [0.5, 0.6) is 5.75 Å². The second-order valence-electron chi connectivity index (χ2n) is 3.43. The van der Waals surface area contributed by atoms with Gasteiger partial charge in [0.1, 0.15) is 5.82 Å². The zero-order chi connectivity index (χ0) is 10.3. The summed E-state index contributed by atoms with van der Waals surface area (Å²) in [6.07, 6.45) is 0. The number of benzene rings is 1. The molecule has 1 saturated heterocycles. The average Bonchev–Trinajstić information content (AvgIpc) is 2.07. The zero-order valence-electron chi connectivity index (χ0n) is 7.26. The van der Waals surface area contributed by atoms with E-state index in [0.717, 1.165) is 12.1 Å². The van der Waals surface area contributed by atoms with E-state index in [1.54, 1.807) is 0 Å². The van der Waals surface area contributed by atoms with Crippen molar-refractivity contribution in [1.29, 1.82) is 0 Å². The molecule has 1 aliphatic heterocycles. The molecule has 76 valence electrons. The van der Waals surface area contributed by atoms with Crippen LogP contribution in [-0.4, -0.2) is 18.3 Å². The van der Waals surface area contributed by atoms with E-state index < -0.39 is 22.9 Å². The number of halogens is 2. The molecule has 0 atom stereocenters. The van der Waals surface area contributed by atoms with Gasteiger partial charge in [-0.1, -0.05) is 0 Å². The van der Waals surface area contributed by atoms with E-state index in [1.165, 1.54) is 0 Å². The van der Waals surface area contributed by atoms with Crippen molar-refractivity contribution in [2.45, 2.75) is 5.54 Å². The molecule has 0 radical (unpaired) electrons. The van der Waals surface area contributed by atoms with Crippen molar-refractivity contribution in [3.63, 3.8) is 0 Å². The molecule has 1 aliphatic rings. The predicted octanol–water partition coefficient (Wildman–Crippen LogP) is 0.855. The summed E-state index contributed by atoms with van der Waals surface area (Å²) in [6, 6.07) is 1.63. The third-order valence-corrected chi connectivity index (χ3v) is 2.29. The highest BCUT2D eigenvalue weighted by molar-refractivity contribution is 5.35. The first-order valence-electron chi connectivity index (χ1n) is 4.08. The van der Waals surface area contributed by atoms with Gasteiger partial charge in [-0.2, -0.15) is 0 Å². The van der Waals surface area contributed by atoms with E-state index >= 15 is 0 Å². The summed E-state index contributed by atoms with van der Waals surface area (Å²) in [5.41, 5.74) is 4.81. The Morgan fingerprint density at radius 1 is 1.29 bits per heavy atom. The molecular weight excluding hydrogens is 192 g/mol. The SMILES string of the molecule is NC1(c2cc(F)c(O)cc2F)COC1. The summed E-state index contributed by atoms with van der Waals surface area (Å²) < 4.78 is 31.1. The van der Waals surface area contributed by atoms with Gasteiger partial charge in [0.15, 0.2) is 11.6 Å². The van der Waals surface area contributed by atoms with E-state index in [0.29, 0.717) is 0 Å². The first kappa shape index (κ1) is 9.36. The normalized spacial score (nSPS) is 19.1. The monoisotopic (exact) mass is 201 g/mol.